The molecule has 0 aromatic carbocycles. The first kappa shape index (κ1) is 15.3. The van der Waals surface area contributed by atoms with E-state index in [-0.39, 0.29) is 11.8 Å². The van der Waals surface area contributed by atoms with Crippen molar-refractivity contribution in [2.45, 2.75) is 44.6 Å². The average Bonchev–Trinajstić information content (AvgIpc) is 2.67. The van der Waals surface area contributed by atoms with Crippen LogP contribution in [0.3, 0.4) is 0 Å². The zero-order valence-electron chi connectivity index (χ0n) is 12.8. The second-order valence-corrected chi connectivity index (χ2v) is 6.19. The molecule has 5 heteroatoms. The van der Waals surface area contributed by atoms with Crippen molar-refractivity contribution < 1.29 is 9.59 Å². The fourth-order valence-corrected chi connectivity index (χ4v) is 3.10. The highest BCUT2D eigenvalue weighted by molar-refractivity contribution is 5.80. The molecular weight excluding hydrogens is 254 g/mol. The van der Waals surface area contributed by atoms with Gasteiger partial charge in [0.2, 0.25) is 11.8 Å². The Bertz CT molecular complexity index is 357. The SMILES string of the molecule is CN(C)C1CCCCN(C(=O)CCN2CCCC2=O)C1. The number of carbonyl (C=O) groups is 2. The third-order valence-corrected chi connectivity index (χ3v) is 4.50. The first-order valence-electron chi connectivity index (χ1n) is 7.80. The summed E-state index contributed by atoms with van der Waals surface area (Å²) < 4.78 is 0. The highest BCUT2D eigenvalue weighted by Crippen LogP contribution is 2.16. The maximum absolute atomic E-state index is 12.4. The Morgan fingerprint density at radius 1 is 1.25 bits per heavy atom. The zero-order valence-corrected chi connectivity index (χ0v) is 12.8. The Kier molecular flexibility index (Phi) is 5.40. The third kappa shape index (κ3) is 3.95. The molecule has 2 amide bonds. The van der Waals surface area contributed by atoms with Gasteiger partial charge >= 0.3 is 0 Å². The van der Waals surface area contributed by atoms with Crippen LogP contribution in [0.4, 0.5) is 0 Å². The van der Waals surface area contributed by atoms with Crippen LogP contribution >= 0.6 is 0 Å². The molecule has 0 aromatic rings. The lowest BCUT2D eigenvalue weighted by Crippen LogP contribution is -2.42. The summed E-state index contributed by atoms with van der Waals surface area (Å²) in [6.45, 7) is 3.13. The van der Waals surface area contributed by atoms with Crippen LogP contribution in [0, 0.1) is 0 Å². The summed E-state index contributed by atoms with van der Waals surface area (Å²) in [6.07, 6.45) is 5.53. The molecule has 20 heavy (non-hydrogen) atoms. The van der Waals surface area contributed by atoms with Crippen LogP contribution in [0.2, 0.25) is 0 Å². The van der Waals surface area contributed by atoms with Gasteiger partial charge in [-0.25, -0.2) is 0 Å². The normalized spacial score (nSPS) is 24.4. The Morgan fingerprint density at radius 3 is 2.70 bits per heavy atom. The van der Waals surface area contributed by atoms with E-state index >= 15 is 0 Å². The minimum atomic E-state index is 0.207. The van der Waals surface area contributed by atoms with Crippen molar-refractivity contribution in [3.05, 3.63) is 0 Å². The Balaban J connectivity index is 1.82. The molecule has 114 valence electrons. The molecule has 2 fully saturated rings. The molecule has 0 spiro atoms. The highest BCUT2D eigenvalue weighted by Gasteiger charge is 2.25. The molecule has 0 bridgehead atoms. The second kappa shape index (κ2) is 7.07. The summed E-state index contributed by atoms with van der Waals surface area (Å²) in [5.74, 6) is 0.415. The first-order chi connectivity index (χ1) is 9.58. The molecule has 0 N–H and O–H groups in total. The lowest BCUT2D eigenvalue weighted by Gasteiger charge is -2.29. The van der Waals surface area contributed by atoms with Crippen LogP contribution in [0.5, 0.6) is 0 Å². The fraction of sp³-hybridized carbons (Fsp3) is 0.867. The molecule has 2 saturated heterocycles. The Morgan fingerprint density at radius 2 is 2.05 bits per heavy atom. The molecule has 2 heterocycles. The van der Waals surface area contributed by atoms with Crippen molar-refractivity contribution in [2.75, 3.05) is 40.3 Å². The molecule has 2 rings (SSSR count). The van der Waals surface area contributed by atoms with Crippen LogP contribution in [0.25, 0.3) is 0 Å². The molecule has 2 aliphatic heterocycles. The van der Waals surface area contributed by atoms with E-state index in [1.807, 2.05) is 9.80 Å². The maximum atomic E-state index is 12.4. The van der Waals surface area contributed by atoms with E-state index < -0.39 is 0 Å². The van der Waals surface area contributed by atoms with Gasteiger partial charge in [0.05, 0.1) is 0 Å². The van der Waals surface area contributed by atoms with E-state index in [0.29, 0.717) is 25.4 Å². The maximum Gasteiger partial charge on any atom is 0.224 e. The van der Waals surface area contributed by atoms with Crippen LogP contribution in [0.1, 0.15) is 38.5 Å². The largest absolute Gasteiger partial charge is 0.342 e. The summed E-state index contributed by atoms with van der Waals surface area (Å²) >= 11 is 0. The quantitative estimate of drug-likeness (QED) is 0.770. The molecule has 1 atom stereocenters. The molecule has 0 aromatic heterocycles. The molecule has 0 saturated carbocycles. The number of rotatable bonds is 4. The van der Waals surface area contributed by atoms with Crippen LogP contribution < -0.4 is 0 Å². The van der Waals surface area contributed by atoms with Crippen molar-refractivity contribution in [3.8, 4) is 0 Å². The number of hydrogen-bond acceptors (Lipinski definition) is 3. The van der Waals surface area contributed by atoms with Crippen LogP contribution in [-0.2, 0) is 9.59 Å². The van der Waals surface area contributed by atoms with Gasteiger partial charge < -0.3 is 14.7 Å². The van der Waals surface area contributed by atoms with E-state index in [2.05, 4.69) is 19.0 Å². The van der Waals surface area contributed by atoms with Gasteiger partial charge in [-0.05, 0) is 33.4 Å². The smallest absolute Gasteiger partial charge is 0.224 e. The predicted octanol–water partition coefficient (Wildman–Crippen LogP) is 0.942. The van der Waals surface area contributed by atoms with Gasteiger partial charge in [-0.15, -0.1) is 0 Å². The summed E-state index contributed by atoms with van der Waals surface area (Å²) in [7, 11) is 4.17. The molecule has 1 unspecified atom stereocenters. The van der Waals surface area contributed by atoms with Gasteiger partial charge in [-0.1, -0.05) is 6.42 Å². The number of nitrogens with zero attached hydrogens (tertiary/aromatic N) is 3. The van der Waals surface area contributed by atoms with Gasteiger partial charge in [0.15, 0.2) is 0 Å². The van der Waals surface area contributed by atoms with Gasteiger partial charge in [-0.2, -0.15) is 0 Å². The minimum absolute atomic E-state index is 0.207. The topological polar surface area (TPSA) is 43.9 Å². The number of amides is 2. The molecule has 2 aliphatic rings. The zero-order chi connectivity index (χ0) is 14.5. The van der Waals surface area contributed by atoms with Gasteiger partial charge in [0, 0.05) is 45.1 Å². The van der Waals surface area contributed by atoms with E-state index in [4.69, 9.17) is 0 Å². The van der Waals surface area contributed by atoms with Crippen LogP contribution in [-0.4, -0.2) is 72.8 Å². The predicted molar refractivity (Wildman–Crippen MR) is 78.3 cm³/mol. The number of likely N-dealkylation sites (tertiary alicyclic amines) is 2. The average molecular weight is 281 g/mol. The standard InChI is InChI=1S/C15H27N3O2/c1-16(2)13-6-3-4-9-18(12-13)15(20)8-11-17-10-5-7-14(17)19/h13H,3-12H2,1-2H3. The van der Waals surface area contributed by atoms with Crippen molar-refractivity contribution in [1.29, 1.82) is 0 Å². The number of hydrogen-bond donors (Lipinski definition) is 0. The van der Waals surface area contributed by atoms with Crippen molar-refractivity contribution in [1.82, 2.24) is 14.7 Å². The number of carbonyl (C=O) groups excluding carboxylic acids is 2. The van der Waals surface area contributed by atoms with Crippen molar-refractivity contribution in [3.63, 3.8) is 0 Å². The number of likely N-dealkylation sites (N-methyl/N-ethyl adjacent to an activating group) is 1. The minimum Gasteiger partial charge on any atom is -0.342 e. The van der Waals surface area contributed by atoms with Gasteiger partial charge in [-0.3, -0.25) is 9.59 Å². The van der Waals surface area contributed by atoms with E-state index in [9.17, 15) is 9.59 Å². The van der Waals surface area contributed by atoms with E-state index in [0.717, 1.165) is 32.5 Å². The summed E-state index contributed by atoms with van der Waals surface area (Å²) in [4.78, 5) is 30.0. The summed E-state index contributed by atoms with van der Waals surface area (Å²) in [6, 6.07) is 0.467. The van der Waals surface area contributed by atoms with E-state index in [1.54, 1.807) is 0 Å². The van der Waals surface area contributed by atoms with Crippen molar-refractivity contribution >= 4 is 11.8 Å². The molecule has 0 aliphatic carbocycles. The van der Waals surface area contributed by atoms with Gasteiger partial charge in [0.25, 0.3) is 0 Å². The van der Waals surface area contributed by atoms with Crippen molar-refractivity contribution in [2.24, 2.45) is 0 Å². The third-order valence-electron chi connectivity index (χ3n) is 4.50. The van der Waals surface area contributed by atoms with Crippen LogP contribution in [0.15, 0.2) is 0 Å². The second-order valence-electron chi connectivity index (χ2n) is 6.19. The molecule has 0 radical (unpaired) electrons. The highest BCUT2D eigenvalue weighted by atomic mass is 16.2. The Hall–Kier alpha value is -1.10. The van der Waals surface area contributed by atoms with Gasteiger partial charge in [0.1, 0.15) is 0 Å². The lowest BCUT2D eigenvalue weighted by atomic mass is 10.1. The lowest BCUT2D eigenvalue weighted by molar-refractivity contribution is -0.133. The summed E-state index contributed by atoms with van der Waals surface area (Å²) in [5, 5.41) is 0. The fourth-order valence-electron chi connectivity index (χ4n) is 3.10. The molecular formula is C15H27N3O2. The first-order valence-corrected chi connectivity index (χ1v) is 7.80. The monoisotopic (exact) mass is 281 g/mol. The van der Waals surface area contributed by atoms with E-state index in [1.165, 1.54) is 12.8 Å². The molecule has 5 nitrogen and oxygen atoms in total. The summed E-state index contributed by atoms with van der Waals surface area (Å²) in [5.41, 5.74) is 0. The Labute approximate surface area is 121 Å².